The van der Waals surface area contributed by atoms with Gasteiger partial charge < -0.3 is 10.1 Å². The largest absolute Gasteiger partial charge is 0.452 e. The Kier molecular flexibility index (Phi) is 6.48. The van der Waals surface area contributed by atoms with E-state index in [1.807, 2.05) is 24.3 Å². The number of halogens is 2. The van der Waals surface area contributed by atoms with Crippen LogP contribution in [-0.2, 0) is 19.1 Å². The molecule has 2 atom stereocenters. The van der Waals surface area contributed by atoms with Gasteiger partial charge in [0, 0.05) is 16.3 Å². The van der Waals surface area contributed by atoms with Crippen molar-refractivity contribution in [3.8, 4) is 0 Å². The summed E-state index contributed by atoms with van der Waals surface area (Å²) in [6, 6.07) is 27.3. The number of carbonyl (C=O) groups excluding carboxylic acids is 4. The summed E-state index contributed by atoms with van der Waals surface area (Å²) in [6.07, 6.45) is 0. The molecule has 0 saturated carbocycles. The third kappa shape index (κ3) is 4.16. The summed E-state index contributed by atoms with van der Waals surface area (Å²) in [5.74, 6) is -3.38. The van der Waals surface area contributed by atoms with E-state index in [0.717, 1.165) is 26.7 Å². The molecule has 1 heterocycles. The Balaban J connectivity index is 1.13. The van der Waals surface area contributed by atoms with Gasteiger partial charge in [-0.15, -0.1) is 0 Å². The summed E-state index contributed by atoms with van der Waals surface area (Å²) >= 11 is 9.45. The average Bonchev–Trinajstić information content (AvgIpc) is 3.27. The second-order valence-electron chi connectivity index (χ2n) is 10.6. The quantitative estimate of drug-likeness (QED) is 0.204. The lowest BCUT2D eigenvalue weighted by Crippen LogP contribution is -2.41. The molecule has 8 rings (SSSR count). The van der Waals surface area contributed by atoms with Crippen LogP contribution in [0.25, 0.3) is 0 Å². The van der Waals surface area contributed by atoms with Crippen LogP contribution in [0, 0.1) is 11.8 Å². The minimum absolute atomic E-state index is 0.118. The molecule has 3 amide bonds. The second kappa shape index (κ2) is 10.2. The number of hydrogen-bond acceptors (Lipinski definition) is 5. The van der Waals surface area contributed by atoms with Crippen molar-refractivity contribution in [1.29, 1.82) is 0 Å². The monoisotopic (exact) mass is 640 g/mol. The van der Waals surface area contributed by atoms with Crippen LogP contribution in [0.15, 0.2) is 95.5 Å². The molecule has 4 aliphatic rings. The Morgan fingerprint density at radius 2 is 1.36 bits per heavy atom. The molecular formula is C33H22BrClN2O5. The van der Waals surface area contributed by atoms with Crippen molar-refractivity contribution in [3.05, 3.63) is 128 Å². The third-order valence-electron chi connectivity index (χ3n) is 8.33. The molecule has 4 aromatic rings. The summed E-state index contributed by atoms with van der Waals surface area (Å²) in [6.45, 7) is -0.541. The number of amides is 3. The molecule has 0 spiro atoms. The zero-order chi connectivity index (χ0) is 29.1. The van der Waals surface area contributed by atoms with Gasteiger partial charge in [0.15, 0.2) is 6.61 Å². The van der Waals surface area contributed by atoms with E-state index in [9.17, 15) is 19.2 Å². The first-order chi connectivity index (χ1) is 20.3. The maximum absolute atomic E-state index is 14.0. The molecule has 1 saturated heterocycles. The van der Waals surface area contributed by atoms with E-state index in [0.29, 0.717) is 16.4 Å². The number of esters is 1. The third-order valence-corrected chi connectivity index (χ3v) is 9.13. The van der Waals surface area contributed by atoms with Crippen LogP contribution >= 0.6 is 27.5 Å². The molecule has 1 N–H and O–H groups in total. The predicted octanol–water partition coefficient (Wildman–Crippen LogP) is 6.29. The molecule has 3 aliphatic carbocycles. The lowest BCUT2D eigenvalue weighted by Gasteiger charge is -2.45. The van der Waals surface area contributed by atoms with Crippen LogP contribution in [0.2, 0.25) is 5.02 Å². The molecule has 0 unspecified atom stereocenters. The van der Waals surface area contributed by atoms with Crippen molar-refractivity contribution >= 4 is 62.6 Å². The standard InChI is InChI=1S/C33H22BrClN2O5/c34-18-12-13-25(24(35)15-18)36-26(38)16-42-33(41)17-6-5-7-19(14-17)37-31(39)29-27-20-8-1-2-9-21(20)28(30(29)32(37)40)23-11-4-3-10-22(23)27/h1-15,27-30H,16H2,(H,36,38)/t27?,28?,29-,30+. The molecule has 7 nitrogen and oxygen atoms in total. The van der Waals surface area contributed by atoms with E-state index in [1.165, 1.54) is 17.0 Å². The number of benzene rings is 4. The van der Waals surface area contributed by atoms with Gasteiger partial charge in [-0.2, -0.15) is 0 Å². The van der Waals surface area contributed by atoms with Crippen LogP contribution in [0.3, 0.4) is 0 Å². The summed E-state index contributed by atoms with van der Waals surface area (Å²) in [5, 5.41) is 2.93. The molecule has 2 bridgehead atoms. The SMILES string of the molecule is O=C(COC(=O)c1cccc(N2C(=O)[C@@H]3C4c5ccccc5C(c5ccccc54)[C@@H]3C2=O)c1)Nc1ccc(Br)cc1Cl. The van der Waals surface area contributed by atoms with E-state index in [4.69, 9.17) is 16.3 Å². The Labute approximate surface area is 254 Å². The highest BCUT2D eigenvalue weighted by Gasteiger charge is 2.61. The van der Waals surface area contributed by atoms with Crippen LogP contribution in [0.1, 0.15) is 44.4 Å². The summed E-state index contributed by atoms with van der Waals surface area (Å²) in [4.78, 5) is 54.5. The number of carbonyl (C=O) groups is 4. The van der Waals surface area contributed by atoms with Crippen molar-refractivity contribution in [2.24, 2.45) is 11.8 Å². The van der Waals surface area contributed by atoms with Gasteiger partial charge in [0.2, 0.25) is 11.8 Å². The fourth-order valence-corrected chi connectivity index (χ4v) is 7.42. The fourth-order valence-electron chi connectivity index (χ4n) is 6.70. The molecule has 9 heteroatoms. The molecular weight excluding hydrogens is 620 g/mol. The maximum Gasteiger partial charge on any atom is 0.338 e. The van der Waals surface area contributed by atoms with E-state index >= 15 is 0 Å². The minimum Gasteiger partial charge on any atom is -0.452 e. The van der Waals surface area contributed by atoms with Crippen molar-refractivity contribution in [1.82, 2.24) is 0 Å². The van der Waals surface area contributed by atoms with Crippen molar-refractivity contribution < 1.29 is 23.9 Å². The summed E-state index contributed by atoms with van der Waals surface area (Å²) < 4.78 is 5.99. The van der Waals surface area contributed by atoms with Crippen molar-refractivity contribution in [2.45, 2.75) is 11.8 Å². The first-order valence-electron chi connectivity index (χ1n) is 13.4. The lowest BCUT2D eigenvalue weighted by atomic mass is 9.55. The Hall–Kier alpha value is -4.27. The molecule has 42 heavy (non-hydrogen) atoms. The van der Waals surface area contributed by atoms with Crippen molar-refractivity contribution in [3.63, 3.8) is 0 Å². The first-order valence-corrected chi connectivity index (χ1v) is 14.6. The molecule has 0 radical (unpaired) electrons. The van der Waals surface area contributed by atoms with E-state index in [1.54, 1.807) is 30.3 Å². The molecule has 0 aromatic heterocycles. The smallest absolute Gasteiger partial charge is 0.338 e. The van der Waals surface area contributed by atoms with Gasteiger partial charge in [0.25, 0.3) is 5.91 Å². The van der Waals surface area contributed by atoms with Gasteiger partial charge >= 0.3 is 5.97 Å². The molecule has 1 aliphatic heterocycles. The zero-order valence-corrected chi connectivity index (χ0v) is 24.3. The summed E-state index contributed by atoms with van der Waals surface area (Å²) in [5.41, 5.74) is 5.15. The van der Waals surface area contributed by atoms with E-state index in [-0.39, 0.29) is 29.2 Å². The lowest BCUT2D eigenvalue weighted by molar-refractivity contribution is -0.122. The first kappa shape index (κ1) is 26.6. The van der Waals surface area contributed by atoms with E-state index < -0.39 is 30.3 Å². The topological polar surface area (TPSA) is 92.8 Å². The number of anilines is 2. The van der Waals surface area contributed by atoms with Crippen LogP contribution < -0.4 is 10.2 Å². The minimum atomic E-state index is -0.759. The Bertz CT molecular complexity index is 1710. The number of ether oxygens (including phenoxy) is 1. The number of nitrogens with zero attached hydrogens (tertiary/aromatic N) is 1. The number of rotatable bonds is 5. The molecule has 1 fully saturated rings. The van der Waals surface area contributed by atoms with Gasteiger partial charge in [-0.1, -0.05) is 82.1 Å². The zero-order valence-electron chi connectivity index (χ0n) is 21.9. The van der Waals surface area contributed by atoms with Gasteiger partial charge in [0.1, 0.15) is 0 Å². The van der Waals surface area contributed by atoms with Crippen LogP contribution in [-0.4, -0.2) is 30.3 Å². The highest BCUT2D eigenvalue weighted by Crippen LogP contribution is 2.61. The van der Waals surface area contributed by atoms with Gasteiger partial charge in [-0.25, -0.2) is 9.69 Å². The van der Waals surface area contributed by atoms with Gasteiger partial charge in [-0.05, 0) is 58.7 Å². The number of nitrogens with one attached hydrogen (secondary N) is 1. The highest BCUT2D eigenvalue weighted by atomic mass is 79.9. The van der Waals surface area contributed by atoms with E-state index in [2.05, 4.69) is 45.5 Å². The van der Waals surface area contributed by atoms with Gasteiger partial charge in [0.05, 0.1) is 33.8 Å². The maximum atomic E-state index is 14.0. The predicted molar refractivity (Wildman–Crippen MR) is 161 cm³/mol. The second-order valence-corrected chi connectivity index (χ2v) is 11.9. The normalized spacial score (nSPS) is 21.4. The van der Waals surface area contributed by atoms with Gasteiger partial charge in [-0.3, -0.25) is 14.4 Å². The Morgan fingerprint density at radius 1 is 0.786 bits per heavy atom. The molecule has 4 aromatic carbocycles. The van der Waals surface area contributed by atoms with Crippen molar-refractivity contribution in [2.75, 3.05) is 16.8 Å². The molecule has 208 valence electrons. The average molecular weight is 642 g/mol. The van der Waals surface area contributed by atoms with Crippen LogP contribution in [0.4, 0.5) is 11.4 Å². The fraction of sp³-hybridized carbons (Fsp3) is 0.152. The number of hydrogen-bond donors (Lipinski definition) is 1. The summed E-state index contributed by atoms with van der Waals surface area (Å²) in [7, 11) is 0. The number of imide groups is 1. The van der Waals surface area contributed by atoms with Crippen LogP contribution in [0.5, 0.6) is 0 Å². The highest BCUT2D eigenvalue weighted by molar-refractivity contribution is 9.10. The Morgan fingerprint density at radius 3 is 1.90 bits per heavy atom.